The Labute approximate surface area is 58.8 Å². The minimum absolute atomic E-state index is 0. The van der Waals surface area contributed by atoms with Crippen LogP contribution >= 0.6 is 12.4 Å². The van der Waals surface area contributed by atoms with Crippen molar-refractivity contribution in [2.75, 3.05) is 13.1 Å². The highest BCUT2D eigenvalue weighted by Crippen LogP contribution is 2.04. The molecule has 5 heteroatoms. The first-order valence-electron chi connectivity index (χ1n) is 2.38. The number of nitrogens with two attached hydrogens (primary N) is 1. The van der Waals surface area contributed by atoms with Gasteiger partial charge in [0.15, 0.2) is 0 Å². The van der Waals surface area contributed by atoms with E-state index in [4.69, 9.17) is 10.8 Å². The second-order valence-corrected chi connectivity index (χ2v) is 2.06. The average molecular weight is 153 g/mol. The van der Waals surface area contributed by atoms with Crippen LogP contribution in [0.4, 0.5) is 0 Å². The van der Waals surface area contributed by atoms with Crippen molar-refractivity contribution >= 4 is 18.4 Å². The van der Waals surface area contributed by atoms with Gasteiger partial charge in [0, 0.05) is 13.1 Å². The molecule has 1 aliphatic rings. The lowest BCUT2D eigenvalue weighted by Gasteiger charge is -2.34. The monoisotopic (exact) mass is 152 g/mol. The zero-order valence-corrected chi connectivity index (χ0v) is 5.57. The minimum atomic E-state index is -0.972. The van der Waals surface area contributed by atoms with Gasteiger partial charge in [0.25, 0.3) is 0 Å². The molecular weight excluding hydrogens is 144 g/mol. The molecule has 1 rings (SSSR count). The smallest absolute Gasteiger partial charge is 0.326 e. The number of carboxylic acids is 1. The maximum atomic E-state index is 10.1. The molecule has 1 saturated heterocycles. The molecule has 4 N–H and O–H groups in total. The highest BCUT2D eigenvalue weighted by atomic mass is 35.5. The number of hydrogen-bond acceptors (Lipinski definition) is 3. The molecule has 1 heterocycles. The summed E-state index contributed by atoms with van der Waals surface area (Å²) in [5, 5.41) is 11.1. The van der Waals surface area contributed by atoms with Gasteiger partial charge in [-0.05, 0) is 0 Å². The Morgan fingerprint density at radius 3 is 2.11 bits per heavy atom. The molecular formula is C4H9ClN2O2. The highest BCUT2D eigenvalue weighted by Gasteiger charge is 2.40. The van der Waals surface area contributed by atoms with Gasteiger partial charge in [0.1, 0.15) is 5.54 Å². The summed E-state index contributed by atoms with van der Waals surface area (Å²) < 4.78 is 0. The number of rotatable bonds is 1. The van der Waals surface area contributed by atoms with Crippen LogP contribution in [0.5, 0.6) is 0 Å². The number of carboxylic acid groups (broad SMARTS) is 1. The summed E-state index contributed by atoms with van der Waals surface area (Å²) in [6.07, 6.45) is 0. The zero-order chi connectivity index (χ0) is 6.20. The van der Waals surface area contributed by atoms with E-state index in [0.717, 1.165) is 0 Å². The lowest BCUT2D eigenvalue weighted by Crippen LogP contribution is -2.70. The predicted octanol–water partition coefficient (Wildman–Crippen LogP) is -1.21. The summed E-state index contributed by atoms with van der Waals surface area (Å²) >= 11 is 0. The Bertz CT molecular complexity index is 124. The Kier molecular flexibility index (Phi) is 2.42. The lowest BCUT2D eigenvalue weighted by atomic mass is 9.95. The Morgan fingerprint density at radius 2 is 2.11 bits per heavy atom. The molecule has 0 amide bonds. The maximum absolute atomic E-state index is 10.1. The fourth-order valence-electron chi connectivity index (χ4n) is 0.546. The quantitative estimate of drug-likeness (QED) is 0.441. The van der Waals surface area contributed by atoms with Crippen molar-refractivity contribution in [1.29, 1.82) is 0 Å². The summed E-state index contributed by atoms with van der Waals surface area (Å²) in [4.78, 5) is 10.1. The molecule has 0 saturated carbocycles. The highest BCUT2D eigenvalue weighted by molar-refractivity contribution is 5.85. The molecule has 9 heavy (non-hydrogen) atoms. The van der Waals surface area contributed by atoms with Crippen LogP contribution in [0.3, 0.4) is 0 Å². The third kappa shape index (κ3) is 1.32. The van der Waals surface area contributed by atoms with Gasteiger partial charge in [-0.25, -0.2) is 0 Å². The first kappa shape index (κ1) is 8.68. The third-order valence-corrected chi connectivity index (χ3v) is 1.31. The molecule has 0 aromatic carbocycles. The SMILES string of the molecule is Cl.NC1(C(=O)O)CNC1. The predicted molar refractivity (Wildman–Crippen MR) is 34.7 cm³/mol. The molecule has 0 aromatic heterocycles. The van der Waals surface area contributed by atoms with Gasteiger partial charge in [0.05, 0.1) is 0 Å². The first-order valence-corrected chi connectivity index (χ1v) is 2.38. The van der Waals surface area contributed by atoms with E-state index >= 15 is 0 Å². The lowest BCUT2D eigenvalue weighted by molar-refractivity contribution is -0.145. The summed E-state index contributed by atoms with van der Waals surface area (Å²) in [5.41, 5.74) is 4.31. The number of nitrogens with one attached hydrogen (secondary N) is 1. The van der Waals surface area contributed by atoms with Crippen molar-refractivity contribution in [3.63, 3.8) is 0 Å². The molecule has 0 radical (unpaired) electrons. The summed E-state index contributed by atoms with van der Waals surface area (Å²) in [6.45, 7) is 0.782. The van der Waals surface area contributed by atoms with Crippen LogP contribution in [-0.2, 0) is 4.79 Å². The van der Waals surface area contributed by atoms with Crippen LogP contribution in [0.1, 0.15) is 0 Å². The van der Waals surface area contributed by atoms with E-state index in [1.165, 1.54) is 0 Å². The normalized spacial score (nSPS) is 21.4. The zero-order valence-electron chi connectivity index (χ0n) is 4.76. The van der Waals surface area contributed by atoms with Crippen LogP contribution in [0.2, 0.25) is 0 Å². The number of halogens is 1. The molecule has 1 aliphatic heterocycles. The molecule has 1 fully saturated rings. The van der Waals surface area contributed by atoms with Gasteiger partial charge in [-0.15, -0.1) is 12.4 Å². The Morgan fingerprint density at radius 1 is 1.67 bits per heavy atom. The summed E-state index contributed by atoms with van der Waals surface area (Å²) in [5.74, 6) is -0.920. The van der Waals surface area contributed by atoms with Crippen molar-refractivity contribution < 1.29 is 9.90 Å². The Balaban J connectivity index is 0.000000640. The number of hydrogen-bond donors (Lipinski definition) is 3. The van der Waals surface area contributed by atoms with E-state index in [1.54, 1.807) is 0 Å². The van der Waals surface area contributed by atoms with E-state index in [2.05, 4.69) is 5.32 Å². The van der Waals surface area contributed by atoms with Crippen LogP contribution < -0.4 is 11.1 Å². The Hall–Kier alpha value is -0.320. The number of carbonyl (C=O) groups is 1. The molecule has 0 bridgehead atoms. The van der Waals surface area contributed by atoms with E-state index in [0.29, 0.717) is 13.1 Å². The van der Waals surface area contributed by atoms with E-state index in [9.17, 15) is 4.79 Å². The molecule has 0 atom stereocenters. The fourth-order valence-corrected chi connectivity index (χ4v) is 0.546. The van der Waals surface area contributed by atoms with Crippen LogP contribution in [0, 0.1) is 0 Å². The van der Waals surface area contributed by atoms with E-state index in [1.807, 2.05) is 0 Å². The van der Waals surface area contributed by atoms with Gasteiger partial charge >= 0.3 is 5.97 Å². The standard InChI is InChI=1S/C4H8N2O2.ClH/c5-4(3(7)8)1-6-2-4;/h6H,1-2,5H2,(H,7,8);1H. The van der Waals surface area contributed by atoms with Crippen molar-refractivity contribution in [3.8, 4) is 0 Å². The molecule has 54 valence electrons. The summed E-state index contributed by atoms with van der Waals surface area (Å²) in [6, 6.07) is 0. The molecule has 0 aromatic rings. The average Bonchev–Trinajstić information content (AvgIpc) is 1.60. The fraction of sp³-hybridized carbons (Fsp3) is 0.750. The van der Waals surface area contributed by atoms with Gasteiger partial charge in [-0.2, -0.15) is 0 Å². The first-order chi connectivity index (χ1) is 3.65. The second-order valence-electron chi connectivity index (χ2n) is 2.06. The van der Waals surface area contributed by atoms with E-state index < -0.39 is 11.5 Å². The third-order valence-electron chi connectivity index (χ3n) is 1.31. The topological polar surface area (TPSA) is 75.4 Å². The van der Waals surface area contributed by atoms with Crippen molar-refractivity contribution in [1.82, 2.24) is 5.32 Å². The van der Waals surface area contributed by atoms with Gasteiger partial charge in [-0.1, -0.05) is 0 Å². The molecule has 0 unspecified atom stereocenters. The van der Waals surface area contributed by atoms with Gasteiger partial charge in [-0.3, -0.25) is 4.79 Å². The van der Waals surface area contributed by atoms with Gasteiger partial charge in [0.2, 0.25) is 0 Å². The van der Waals surface area contributed by atoms with Gasteiger partial charge < -0.3 is 16.2 Å². The van der Waals surface area contributed by atoms with Crippen molar-refractivity contribution in [2.45, 2.75) is 5.54 Å². The van der Waals surface area contributed by atoms with Crippen molar-refractivity contribution in [2.24, 2.45) is 5.73 Å². The van der Waals surface area contributed by atoms with Crippen LogP contribution in [0.15, 0.2) is 0 Å². The molecule has 0 aliphatic carbocycles. The summed E-state index contributed by atoms with van der Waals surface area (Å²) in [7, 11) is 0. The van der Waals surface area contributed by atoms with E-state index in [-0.39, 0.29) is 12.4 Å². The second kappa shape index (κ2) is 2.51. The largest absolute Gasteiger partial charge is 0.480 e. The van der Waals surface area contributed by atoms with Crippen LogP contribution in [-0.4, -0.2) is 29.7 Å². The van der Waals surface area contributed by atoms with Crippen molar-refractivity contribution in [3.05, 3.63) is 0 Å². The van der Waals surface area contributed by atoms with Crippen LogP contribution in [0.25, 0.3) is 0 Å². The maximum Gasteiger partial charge on any atom is 0.326 e. The number of aliphatic carboxylic acids is 1. The molecule has 0 spiro atoms. The molecule has 4 nitrogen and oxygen atoms in total. The minimum Gasteiger partial charge on any atom is -0.480 e.